The zero-order valence-corrected chi connectivity index (χ0v) is 6.61. The molecule has 0 aromatic carbocycles. The number of hydrogen-bond donors (Lipinski definition) is 1. The minimum absolute atomic E-state index is 0. The van der Waals surface area contributed by atoms with Crippen LogP contribution >= 0.6 is 49.6 Å². The molecule has 0 saturated carbocycles. The average Bonchev–Trinajstić information content (AvgIpc) is 0.811. The first-order valence-electron chi connectivity index (χ1n) is 0.565. The Labute approximate surface area is 70.4 Å². The summed E-state index contributed by atoms with van der Waals surface area (Å²) < 4.78 is 0. The molecular formula is H5Cl4NO3. The fourth-order valence-corrected chi connectivity index (χ4v) is 0. The van der Waals surface area contributed by atoms with Crippen LogP contribution in [-0.2, 0) is 0 Å². The topological polar surface area (TPSA) is 63.4 Å². The highest BCUT2D eigenvalue weighted by molar-refractivity contribution is 5.86. The second-order valence-electron chi connectivity index (χ2n) is 0.238. The van der Waals surface area contributed by atoms with Crippen molar-refractivity contribution < 1.29 is 10.3 Å². The van der Waals surface area contributed by atoms with Crippen LogP contribution in [0.3, 0.4) is 0 Å². The fraction of sp³-hybridized carbons (Fsp3) is 0. The van der Waals surface area contributed by atoms with Gasteiger partial charge in [0.15, 0.2) is 0 Å². The van der Waals surface area contributed by atoms with Gasteiger partial charge in [0.1, 0.15) is 0 Å². The first kappa shape index (κ1) is 40.1. The first-order valence-corrected chi connectivity index (χ1v) is 0.565. The van der Waals surface area contributed by atoms with Crippen molar-refractivity contribution in [3.8, 4) is 0 Å². The van der Waals surface area contributed by atoms with E-state index in [0.29, 0.717) is 0 Å². The van der Waals surface area contributed by atoms with Crippen LogP contribution < -0.4 is 0 Å². The molecule has 0 unspecified atom stereocenters. The fourth-order valence-electron chi connectivity index (χ4n) is 0. The van der Waals surface area contributed by atoms with Crippen molar-refractivity contribution in [3.63, 3.8) is 0 Å². The Morgan fingerprint density at radius 3 is 1.12 bits per heavy atom. The summed E-state index contributed by atoms with van der Waals surface area (Å²) in [5, 5.41) is 13.6. The van der Waals surface area contributed by atoms with E-state index in [1.165, 1.54) is 0 Å². The monoisotopic (exact) mass is 207 g/mol. The molecule has 8 heavy (non-hydrogen) atoms. The zero-order chi connectivity index (χ0) is 3.58. The molecule has 8 heteroatoms. The normalized spacial score (nSPS) is 3.00. The van der Waals surface area contributed by atoms with Crippen molar-refractivity contribution in [2.45, 2.75) is 0 Å². The van der Waals surface area contributed by atoms with E-state index in [1.807, 2.05) is 0 Å². The minimum atomic E-state index is -1.50. The lowest BCUT2D eigenvalue weighted by molar-refractivity contribution is -0.742. The van der Waals surface area contributed by atoms with Crippen LogP contribution in [0.25, 0.3) is 0 Å². The highest BCUT2D eigenvalue weighted by Gasteiger charge is 1.65. The molecule has 0 bridgehead atoms. The first-order chi connectivity index (χ1) is 1.73. The summed E-state index contributed by atoms with van der Waals surface area (Å²) in [6.07, 6.45) is 0. The van der Waals surface area contributed by atoms with E-state index in [2.05, 4.69) is 0 Å². The Morgan fingerprint density at radius 1 is 1.12 bits per heavy atom. The minimum Gasteiger partial charge on any atom is -0.328 e. The van der Waals surface area contributed by atoms with Gasteiger partial charge in [0.05, 0.1) is 0 Å². The van der Waals surface area contributed by atoms with Gasteiger partial charge in [0.25, 0.3) is 5.09 Å². The van der Waals surface area contributed by atoms with Crippen molar-refractivity contribution in [1.29, 1.82) is 0 Å². The third kappa shape index (κ3) is 1410. The smallest absolute Gasteiger partial charge is 0.291 e. The molecule has 0 atom stereocenters. The van der Waals surface area contributed by atoms with Gasteiger partial charge in [0.2, 0.25) is 0 Å². The Bertz CT molecular complexity index is 34.3. The van der Waals surface area contributed by atoms with Gasteiger partial charge in [-0.15, -0.1) is 59.7 Å². The molecule has 1 N–H and O–H groups in total. The van der Waals surface area contributed by atoms with Gasteiger partial charge in [-0.05, 0) is 0 Å². The molecule has 0 heterocycles. The molecular weight excluding hydrogens is 204 g/mol. The van der Waals surface area contributed by atoms with E-state index in [9.17, 15) is 0 Å². The Balaban J connectivity index is -0.00000000750. The quantitative estimate of drug-likeness (QED) is 0.483. The molecule has 0 aliphatic heterocycles. The third-order valence-corrected chi connectivity index (χ3v) is 0. The maximum absolute atomic E-state index is 8.36. The molecule has 0 rings (SSSR count). The van der Waals surface area contributed by atoms with Crippen LogP contribution in [0.1, 0.15) is 0 Å². The van der Waals surface area contributed by atoms with Crippen molar-refractivity contribution >= 4 is 49.6 Å². The van der Waals surface area contributed by atoms with E-state index in [4.69, 9.17) is 15.3 Å². The molecule has 0 spiro atoms. The highest BCUT2D eigenvalue weighted by Crippen LogP contribution is 1.38. The van der Waals surface area contributed by atoms with Crippen LogP contribution in [0.15, 0.2) is 0 Å². The summed E-state index contributed by atoms with van der Waals surface area (Å²) in [4.78, 5) is 8.36. The molecule has 0 aliphatic rings. The number of hydrogen-bond acceptors (Lipinski definition) is 2. The summed E-state index contributed by atoms with van der Waals surface area (Å²) in [5.74, 6) is 0. The van der Waals surface area contributed by atoms with Crippen LogP contribution in [0.5, 0.6) is 0 Å². The second-order valence-corrected chi connectivity index (χ2v) is 0.238. The largest absolute Gasteiger partial charge is 0.328 e. The summed E-state index contributed by atoms with van der Waals surface area (Å²) in [5.41, 5.74) is 0. The van der Waals surface area contributed by atoms with E-state index >= 15 is 0 Å². The average molecular weight is 209 g/mol. The lowest BCUT2D eigenvalue weighted by Gasteiger charge is -1.56. The maximum Gasteiger partial charge on any atom is 0.291 e. The Morgan fingerprint density at radius 2 is 1.12 bits per heavy atom. The molecule has 56 valence electrons. The van der Waals surface area contributed by atoms with Gasteiger partial charge in [-0.1, -0.05) is 0 Å². The second kappa shape index (κ2) is 26.4. The van der Waals surface area contributed by atoms with Gasteiger partial charge in [0, 0.05) is 0 Å². The van der Waals surface area contributed by atoms with Gasteiger partial charge in [-0.2, -0.15) is 0 Å². The standard InChI is InChI=1S/4ClH.HNO3/c;;;;2-1(3)4/h4*1H;(H,2,3,4). The van der Waals surface area contributed by atoms with E-state index in [1.54, 1.807) is 0 Å². The van der Waals surface area contributed by atoms with E-state index < -0.39 is 5.09 Å². The van der Waals surface area contributed by atoms with Gasteiger partial charge in [-0.3, -0.25) is 0 Å². The van der Waals surface area contributed by atoms with Gasteiger partial charge < -0.3 is 5.21 Å². The molecule has 0 aromatic rings. The van der Waals surface area contributed by atoms with Crippen molar-refractivity contribution in [1.82, 2.24) is 0 Å². The summed E-state index contributed by atoms with van der Waals surface area (Å²) in [6, 6.07) is 0. The Kier molecular flexibility index (Phi) is 132. The van der Waals surface area contributed by atoms with Crippen LogP contribution in [0, 0.1) is 10.1 Å². The van der Waals surface area contributed by atoms with Gasteiger partial charge in [-0.25, -0.2) is 0 Å². The van der Waals surface area contributed by atoms with E-state index in [-0.39, 0.29) is 49.6 Å². The van der Waals surface area contributed by atoms with Crippen molar-refractivity contribution in [2.24, 2.45) is 0 Å². The number of halogens is 4. The van der Waals surface area contributed by atoms with Crippen LogP contribution in [0.2, 0.25) is 0 Å². The lowest BCUT2D eigenvalue weighted by atomic mass is 13.1. The molecule has 0 amide bonds. The van der Waals surface area contributed by atoms with Crippen LogP contribution in [0.4, 0.5) is 0 Å². The predicted molar refractivity (Wildman–Crippen MR) is 37.8 cm³/mol. The highest BCUT2D eigenvalue weighted by atomic mass is 35.5. The number of nitrogens with zero attached hydrogens (tertiary/aromatic N) is 1. The van der Waals surface area contributed by atoms with Gasteiger partial charge >= 0.3 is 0 Å². The van der Waals surface area contributed by atoms with Crippen molar-refractivity contribution in [2.75, 3.05) is 0 Å². The molecule has 0 aromatic heterocycles. The van der Waals surface area contributed by atoms with Crippen LogP contribution in [-0.4, -0.2) is 10.3 Å². The predicted octanol–water partition coefficient (Wildman–Crippen LogP) is 1.34. The third-order valence-electron chi connectivity index (χ3n) is 0. The molecule has 0 radical (unpaired) electrons. The summed E-state index contributed by atoms with van der Waals surface area (Å²) in [7, 11) is 0. The zero-order valence-electron chi connectivity index (χ0n) is 3.34. The summed E-state index contributed by atoms with van der Waals surface area (Å²) in [6.45, 7) is 0. The molecule has 4 nitrogen and oxygen atoms in total. The lowest BCUT2D eigenvalue weighted by Crippen LogP contribution is -1.81. The van der Waals surface area contributed by atoms with E-state index in [0.717, 1.165) is 0 Å². The number of rotatable bonds is 0. The summed E-state index contributed by atoms with van der Waals surface area (Å²) >= 11 is 0. The molecule has 0 saturated heterocycles. The molecule has 0 aliphatic carbocycles. The maximum atomic E-state index is 8.36. The SMILES string of the molecule is Cl.Cl.Cl.Cl.O=[N+]([O-])O. The molecule has 0 fully saturated rings. The van der Waals surface area contributed by atoms with Crippen molar-refractivity contribution in [3.05, 3.63) is 10.1 Å². The Hall–Kier alpha value is 0.360.